The van der Waals surface area contributed by atoms with Crippen LogP contribution in [0.4, 0.5) is 0 Å². The van der Waals surface area contributed by atoms with Gasteiger partial charge in [-0.15, -0.1) is 0 Å². The number of aromatic nitrogens is 1. The Morgan fingerprint density at radius 2 is 1.09 bits per heavy atom. The van der Waals surface area contributed by atoms with Gasteiger partial charge in [-0.3, -0.25) is 0 Å². The predicted octanol–water partition coefficient (Wildman–Crippen LogP) is 12.2. The zero-order valence-electron chi connectivity index (χ0n) is 24.9. The molecule has 0 saturated heterocycles. The van der Waals surface area contributed by atoms with Crippen molar-refractivity contribution in [2.75, 3.05) is 0 Å². The average molecular weight is 586 g/mol. The normalized spacial score (nSPS) is 12.1. The summed E-state index contributed by atoms with van der Waals surface area (Å²) in [5, 5.41) is 7.45. The van der Waals surface area contributed by atoms with E-state index in [1.807, 2.05) is 0 Å². The Kier molecular flexibility index (Phi) is 5.31. The molecule has 0 spiro atoms. The van der Waals surface area contributed by atoms with Gasteiger partial charge >= 0.3 is 0 Å². The lowest BCUT2D eigenvalue weighted by molar-refractivity contribution is 0.487. The quantitative estimate of drug-likeness (QED) is 0.201. The van der Waals surface area contributed by atoms with Gasteiger partial charge in [0, 0.05) is 27.4 Å². The number of benzene rings is 8. The second kappa shape index (κ2) is 9.69. The fraction of sp³-hybridized carbons (Fsp3) is 0. The van der Waals surface area contributed by atoms with Crippen LogP contribution in [0.15, 0.2) is 164 Å². The Morgan fingerprint density at radius 1 is 0.370 bits per heavy atom. The minimum absolute atomic E-state index is 0.902. The zero-order chi connectivity index (χ0) is 30.2. The fourth-order valence-electron chi connectivity index (χ4n) is 7.44. The summed E-state index contributed by atoms with van der Waals surface area (Å²) < 4.78 is 8.75. The van der Waals surface area contributed by atoms with Crippen molar-refractivity contribution in [3.63, 3.8) is 0 Å². The SMILES string of the molecule is c1ccc(-n2c3ccccc3c3c4cc(-c5cccc(-c6ccc7c(c6)-c6cccc8cccc(c68)O7)c5)ccc4ccc32)cc1. The molecule has 2 heterocycles. The summed E-state index contributed by atoms with van der Waals surface area (Å²) in [6.07, 6.45) is 0. The molecule has 1 aliphatic heterocycles. The van der Waals surface area contributed by atoms with Crippen LogP contribution in [0.1, 0.15) is 0 Å². The highest BCUT2D eigenvalue weighted by Gasteiger charge is 2.20. The van der Waals surface area contributed by atoms with E-state index in [9.17, 15) is 0 Å². The minimum Gasteiger partial charge on any atom is -0.456 e. The minimum atomic E-state index is 0.902. The molecular formula is C44H27NO. The van der Waals surface area contributed by atoms with Gasteiger partial charge in [-0.2, -0.15) is 0 Å². The van der Waals surface area contributed by atoms with Gasteiger partial charge in [-0.05, 0) is 98.6 Å². The third kappa shape index (κ3) is 3.71. The van der Waals surface area contributed by atoms with Crippen LogP contribution in [0.2, 0.25) is 0 Å². The second-order valence-corrected chi connectivity index (χ2v) is 12.1. The molecule has 0 bridgehead atoms. The molecule has 2 heteroatoms. The van der Waals surface area contributed by atoms with Gasteiger partial charge in [0.1, 0.15) is 11.5 Å². The lowest BCUT2D eigenvalue weighted by Gasteiger charge is -2.22. The predicted molar refractivity (Wildman–Crippen MR) is 192 cm³/mol. The maximum Gasteiger partial charge on any atom is 0.135 e. The van der Waals surface area contributed by atoms with Crippen LogP contribution in [0.5, 0.6) is 11.5 Å². The highest BCUT2D eigenvalue weighted by Crippen LogP contribution is 2.47. The Morgan fingerprint density at radius 3 is 1.98 bits per heavy atom. The standard InChI is InChI=1S/C44H27NO/c1-2-13-34(14-3-1)45-39-17-5-4-15-36(39)44-37-26-32(20-19-28(37)21-23-40(44)45)30-11-6-12-31(25-30)33-22-24-41-38(27-33)35-16-7-9-29-10-8-18-42(46-41)43(29)35/h1-27H. The van der Waals surface area contributed by atoms with Gasteiger partial charge in [-0.1, -0.05) is 109 Å². The van der Waals surface area contributed by atoms with Crippen molar-refractivity contribution in [3.05, 3.63) is 164 Å². The van der Waals surface area contributed by atoms with Crippen molar-refractivity contribution in [3.8, 4) is 50.6 Å². The Balaban J connectivity index is 1.12. The molecule has 2 nitrogen and oxygen atoms in total. The van der Waals surface area contributed by atoms with Crippen molar-refractivity contribution >= 4 is 43.4 Å². The molecule has 0 atom stereocenters. The van der Waals surface area contributed by atoms with Gasteiger partial charge in [0.05, 0.1) is 11.0 Å². The van der Waals surface area contributed by atoms with Crippen molar-refractivity contribution < 1.29 is 4.74 Å². The van der Waals surface area contributed by atoms with E-state index in [4.69, 9.17) is 4.74 Å². The van der Waals surface area contributed by atoms with Crippen LogP contribution < -0.4 is 4.74 Å². The number of ether oxygens (including phenoxy) is 1. The number of hydrogen-bond acceptors (Lipinski definition) is 1. The molecule has 0 fully saturated rings. The molecule has 1 aliphatic rings. The first-order valence-corrected chi connectivity index (χ1v) is 15.8. The molecule has 46 heavy (non-hydrogen) atoms. The Bertz CT molecular complexity index is 2660. The highest BCUT2D eigenvalue weighted by molar-refractivity contribution is 6.21. The van der Waals surface area contributed by atoms with Crippen molar-refractivity contribution in [2.45, 2.75) is 0 Å². The number of hydrogen-bond donors (Lipinski definition) is 0. The molecule has 0 saturated carbocycles. The molecule has 214 valence electrons. The molecule has 0 N–H and O–H groups in total. The monoisotopic (exact) mass is 585 g/mol. The Hall–Kier alpha value is -6.12. The molecule has 9 aromatic rings. The third-order valence-corrected chi connectivity index (χ3v) is 9.55. The molecular weight excluding hydrogens is 558 g/mol. The average Bonchev–Trinajstić information content (AvgIpc) is 3.47. The summed E-state index contributed by atoms with van der Waals surface area (Å²) in [7, 11) is 0. The van der Waals surface area contributed by atoms with E-state index in [1.54, 1.807) is 0 Å². The van der Waals surface area contributed by atoms with Gasteiger partial charge in [-0.25, -0.2) is 0 Å². The summed E-state index contributed by atoms with van der Waals surface area (Å²) in [5.41, 5.74) is 10.7. The first kappa shape index (κ1) is 25.2. The molecule has 10 rings (SSSR count). The molecule has 8 aromatic carbocycles. The van der Waals surface area contributed by atoms with Crippen LogP contribution >= 0.6 is 0 Å². The van der Waals surface area contributed by atoms with E-state index >= 15 is 0 Å². The van der Waals surface area contributed by atoms with Crippen LogP contribution in [0.3, 0.4) is 0 Å². The number of para-hydroxylation sites is 2. The van der Waals surface area contributed by atoms with Crippen molar-refractivity contribution in [2.24, 2.45) is 0 Å². The van der Waals surface area contributed by atoms with E-state index in [0.717, 1.165) is 17.1 Å². The zero-order valence-corrected chi connectivity index (χ0v) is 24.9. The van der Waals surface area contributed by atoms with Crippen LogP contribution in [-0.4, -0.2) is 4.57 Å². The van der Waals surface area contributed by atoms with Gasteiger partial charge in [0.2, 0.25) is 0 Å². The Labute approximate surface area is 266 Å². The van der Waals surface area contributed by atoms with Crippen LogP contribution in [0, 0.1) is 0 Å². The summed E-state index contributed by atoms with van der Waals surface area (Å²) >= 11 is 0. The summed E-state index contributed by atoms with van der Waals surface area (Å²) in [6, 6.07) is 59.1. The number of fused-ring (bicyclic) bond motifs is 7. The second-order valence-electron chi connectivity index (χ2n) is 12.1. The third-order valence-electron chi connectivity index (χ3n) is 9.55. The number of nitrogens with zero attached hydrogens (tertiary/aromatic N) is 1. The maximum absolute atomic E-state index is 6.37. The molecule has 0 amide bonds. The fourth-order valence-corrected chi connectivity index (χ4v) is 7.44. The van der Waals surface area contributed by atoms with Gasteiger partial charge in [0.25, 0.3) is 0 Å². The van der Waals surface area contributed by atoms with E-state index in [2.05, 4.69) is 168 Å². The van der Waals surface area contributed by atoms with Gasteiger partial charge < -0.3 is 9.30 Å². The van der Waals surface area contributed by atoms with E-state index in [0.29, 0.717) is 0 Å². The van der Waals surface area contributed by atoms with Gasteiger partial charge in [0.15, 0.2) is 0 Å². The van der Waals surface area contributed by atoms with E-state index in [-0.39, 0.29) is 0 Å². The summed E-state index contributed by atoms with van der Waals surface area (Å²) in [4.78, 5) is 0. The molecule has 1 aromatic heterocycles. The molecule has 0 radical (unpaired) electrons. The smallest absolute Gasteiger partial charge is 0.135 e. The van der Waals surface area contributed by atoms with Crippen molar-refractivity contribution in [1.82, 2.24) is 4.57 Å². The number of rotatable bonds is 3. The van der Waals surface area contributed by atoms with E-state index in [1.165, 1.54) is 76.9 Å². The molecule has 0 unspecified atom stereocenters. The largest absolute Gasteiger partial charge is 0.456 e. The highest BCUT2D eigenvalue weighted by atomic mass is 16.5. The van der Waals surface area contributed by atoms with Crippen LogP contribution in [0.25, 0.3) is 82.4 Å². The van der Waals surface area contributed by atoms with E-state index < -0.39 is 0 Å². The summed E-state index contributed by atoms with van der Waals surface area (Å²) in [5.74, 6) is 1.83. The summed E-state index contributed by atoms with van der Waals surface area (Å²) in [6.45, 7) is 0. The maximum atomic E-state index is 6.37. The first-order chi connectivity index (χ1) is 22.8. The van der Waals surface area contributed by atoms with Crippen LogP contribution in [-0.2, 0) is 0 Å². The topological polar surface area (TPSA) is 14.2 Å². The molecule has 0 aliphatic carbocycles. The lowest BCUT2D eigenvalue weighted by atomic mass is 9.91. The van der Waals surface area contributed by atoms with Crippen molar-refractivity contribution in [1.29, 1.82) is 0 Å². The lowest BCUT2D eigenvalue weighted by Crippen LogP contribution is -1.97. The first-order valence-electron chi connectivity index (χ1n) is 15.8.